The monoisotopic (exact) mass is 295 g/mol. The third kappa shape index (κ3) is 2.77. The molecule has 1 aromatic heterocycles. The highest BCUT2D eigenvalue weighted by Gasteiger charge is 2.49. The highest BCUT2D eigenvalue weighted by atomic mass is 32.1. The van der Waals surface area contributed by atoms with Crippen LogP contribution in [0.25, 0.3) is 0 Å². The van der Waals surface area contributed by atoms with Crippen molar-refractivity contribution < 1.29 is 4.74 Å². The van der Waals surface area contributed by atoms with Gasteiger partial charge in [0.15, 0.2) is 0 Å². The normalized spacial score (nSPS) is 31.1. The van der Waals surface area contributed by atoms with Gasteiger partial charge >= 0.3 is 0 Å². The number of thiazole rings is 1. The third-order valence-corrected chi connectivity index (χ3v) is 5.64. The van der Waals surface area contributed by atoms with Gasteiger partial charge in [0.25, 0.3) is 0 Å². The molecule has 112 valence electrons. The van der Waals surface area contributed by atoms with Crippen LogP contribution in [0.15, 0.2) is 5.38 Å². The van der Waals surface area contributed by atoms with Gasteiger partial charge in [0.2, 0.25) is 0 Å². The number of rotatable bonds is 6. The Morgan fingerprint density at radius 1 is 1.55 bits per heavy atom. The summed E-state index contributed by atoms with van der Waals surface area (Å²) in [6, 6.07) is 1.46. The van der Waals surface area contributed by atoms with E-state index in [-0.39, 0.29) is 5.54 Å². The number of hydrogen-bond donors (Lipinski definition) is 1. The molecule has 1 saturated carbocycles. The molecule has 0 aromatic carbocycles. The second kappa shape index (κ2) is 5.72. The Balaban J connectivity index is 1.80. The molecule has 0 amide bonds. The Kier molecular flexibility index (Phi) is 4.13. The van der Waals surface area contributed by atoms with E-state index in [0.717, 1.165) is 37.9 Å². The van der Waals surface area contributed by atoms with Crippen LogP contribution >= 0.6 is 11.3 Å². The summed E-state index contributed by atoms with van der Waals surface area (Å²) < 4.78 is 5.21. The average molecular weight is 295 g/mol. The van der Waals surface area contributed by atoms with E-state index in [9.17, 15) is 0 Å². The molecule has 1 aliphatic heterocycles. The first kappa shape index (κ1) is 14.4. The Hall–Kier alpha value is -0.490. The molecule has 2 aliphatic rings. The van der Waals surface area contributed by atoms with Gasteiger partial charge in [-0.15, -0.1) is 11.3 Å². The lowest BCUT2D eigenvalue weighted by molar-refractivity contribution is 0.181. The summed E-state index contributed by atoms with van der Waals surface area (Å²) in [5.74, 6) is 0. The summed E-state index contributed by atoms with van der Waals surface area (Å²) in [4.78, 5) is 7.46. The van der Waals surface area contributed by atoms with Gasteiger partial charge in [-0.3, -0.25) is 4.90 Å². The molecule has 1 aliphatic carbocycles. The average Bonchev–Trinajstić information content (AvgIpc) is 3.08. The van der Waals surface area contributed by atoms with Crippen molar-refractivity contribution >= 4 is 11.3 Å². The van der Waals surface area contributed by atoms with Crippen molar-refractivity contribution in [1.29, 1.82) is 0 Å². The molecule has 0 radical (unpaired) electrons. The van der Waals surface area contributed by atoms with Crippen LogP contribution in [0.1, 0.15) is 36.9 Å². The summed E-state index contributed by atoms with van der Waals surface area (Å²) in [5.41, 5.74) is 1.16. The van der Waals surface area contributed by atoms with Crippen LogP contribution in [-0.2, 0) is 10.3 Å². The highest BCUT2D eigenvalue weighted by Crippen LogP contribution is 2.42. The highest BCUT2D eigenvalue weighted by molar-refractivity contribution is 7.09. The van der Waals surface area contributed by atoms with Crippen molar-refractivity contribution in [2.45, 2.75) is 50.7 Å². The number of nitrogens with one attached hydrogen (secondary N) is 1. The summed E-state index contributed by atoms with van der Waals surface area (Å²) in [7, 11) is 1.76. The maximum Gasteiger partial charge on any atom is 0.114 e. The van der Waals surface area contributed by atoms with Gasteiger partial charge in [-0.1, -0.05) is 0 Å². The van der Waals surface area contributed by atoms with E-state index in [2.05, 4.69) is 29.4 Å². The van der Waals surface area contributed by atoms with E-state index in [1.54, 1.807) is 18.4 Å². The van der Waals surface area contributed by atoms with Crippen LogP contribution < -0.4 is 5.32 Å². The SMILES string of the molecule is COCCNC1(c2nc(C)cs2)CC(C)N(C2CC2)C1. The molecule has 5 heteroatoms. The van der Waals surface area contributed by atoms with Crippen molar-refractivity contribution in [2.24, 2.45) is 0 Å². The first-order valence-corrected chi connectivity index (χ1v) is 8.45. The molecule has 4 nitrogen and oxygen atoms in total. The summed E-state index contributed by atoms with van der Waals surface area (Å²) in [6.45, 7) is 7.18. The molecular weight excluding hydrogens is 270 g/mol. The van der Waals surface area contributed by atoms with E-state index in [1.165, 1.54) is 17.8 Å². The predicted molar refractivity (Wildman–Crippen MR) is 82.2 cm³/mol. The molecule has 1 N–H and O–H groups in total. The topological polar surface area (TPSA) is 37.4 Å². The Bertz CT molecular complexity index is 460. The van der Waals surface area contributed by atoms with Gasteiger partial charge in [-0.25, -0.2) is 4.98 Å². The molecule has 2 unspecified atom stereocenters. The summed E-state index contributed by atoms with van der Waals surface area (Å²) >= 11 is 1.80. The molecule has 1 aromatic rings. The fourth-order valence-electron chi connectivity index (χ4n) is 3.37. The molecule has 20 heavy (non-hydrogen) atoms. The van der Waals surface area contributed by atoms with Crippen LogP contribution in [0.4, 0.5) is 0 Å². The zero-order valence-corrected chi connectivity index (χ0v) is 13.5. The van der Waals surface area contributed by atoms with Crippen molar-refractivity contribution in [1.82, 2.24) is 15.2 Å². The Morgan fingerprint density at radius 2 is 2.35 bits per heavy atom. The van der Waals surface area contributed by atoms with Crippen molar-refractivity contribution in [3.63, 3.8) is 0 Å². The number of likely N-dealkylation sites (tertiary alicyclic amines) is 1. The van der Waals surface area contributed by atoms with Gasteiger partial charge in [0.05, 0.1) is 12.1 Å². The van der Waals surface area contributed by atoms with Crippen molar-refractivity contribution in [3.8, 4) is 0 Å². The van der Waals surface area contributed by atoms with Gasteiger partial charge < -0.3 is 10.1 Å². The fourth-order valence-corrected chi connectivity index (χ4v) is 4.35. The number of aromatic nitrogens is 1. The smallest absolute Gasteiger partial charge is 0.114 e. The van der Waals surface area contributed by atoms with Gasteiger partial charge in [0, 0.05) is 43.4 Å². The van der Waals surface area contributed by atoms with E-state index in [4.69, 9.17) is 9.72 Å². The number of ether oxygens (including phenoxy) is 1. The number of hydrogen-bond acceptors (Lipinski definition) is 5. The second-order valence-corrected chi connectivity index (χ2v) is 7.11. The maximum atomic E-state index is 5.21. The van der Waals surface area contributed by atoms with Crippen LogP contribution in [0.3, 0.4) is 0 Å². The summed E-state index contributed by atoms with van der Waals surface area (Å²) in [6.07, 6.45) is 3.89. The number of methoxy groups -OCH3 is 1. The van der Waals surface area contributed by atoms with E-state index in [0.29, 0.717) is 6.04 Å². The van der Waals surface area contributed by atoms with Crippen molar-refractivity contribution in [2.75, 3.05) is 26.8 Å². The van der Waals surface area contributed by atoms with Crippen LogP contribution in [0.2, 0.25) is 0 Å². The second-order valence-electron chi connectivity index (χ2n) is 6.25. The lowest BCUT2D eigenvalue weighted by Crippen LogP contribution is -2.46. The largest absolute Gasteiger partial charge is 0.383 e. The third-order valence-electron chi connectivity index (χ3n) is 4.48. The molecule has 2 atom stereocenters. The van der Waals surface area contributed by atoms with E-state index >= 15 is 0 Å². The molecule has 3 rings (SSSR count). The number of nitrogens with zero attached hydrogens (tertiary/aromatic N) is 2. The predicted octanol–water partition coefficient (Wildman–Crippen LogP) is 2.14. The van der Waals surface area contributed by atoms with Crippen LogP contribution in [0, 0.1) is 6.92 Å². The molecule has 1 saturated heterocycles. The lowest BCUT2D eigenvalue weighted by Gasteiger charge is -2.29. The first-order valence-electron chi connectivity index (χ1n) is 7.57. The van der Waals surface area contributed by atoms with Gasteiger partial charge in [0.1, 0.15) is 5.01 Å². The minimum atomic E-state index is 0.0272. The fraction of sp³-hybridized carbons (Fsp3) is 0.800. The minimum Gasteiger partial charge on any atom is -0.383 e. The quantitative estimate of drug-likeness (QED) is 0.816. The zero-order valence-electron chi connectivity index (χ0n) is 12.7. The standard InChI is InChI=1S/C15H25N3OS/c1-11-9-20-14(17-11)15(16-6-7-19-3)8-12(2)18(10-15)13-4-5-13/h9,12-13,16H,4-8,10H2,1-3H3. The van der Waals surface area contributed by atoms with Gasteiger partial charge in [-0.05, 0) is 33.1 Å². The minimum absolute atomic E-state index is 0.0272. The lowest BCUT2D eigenvalue weighted by atomic mass is 9.97. The van der Waals surface area contributed by atoms with E-state index < -0.39 is 0 Å². The zero-order chi connectivity index (χ0) is 14.2. The molecular formula is C15H25N3OS. The molecule has 0 spiro atoms. The summed E-state index contributed by atoms with van der Waals surface area (Å²) in [5, 5.41) is 7.17. The molecule has 2 heterocycles. The van der Waals surface area contributed by atoms with Crippen molar-refractivity contribution in [3.05, 3.63) is 16.1 Å². The van der Waals surface area contributed by atoms with E-state index in [1.807, 2.05) is 0 Å². The Labute approximate surface area is 125 Å². The maximum absolute atomic E-state index is 5.21. The van der Waals surface area contributed by atoms with Crippen LogP contribution in [0.5, 0.6) is 0 Å². The molecule has 2 fully saturated rings. The number of aryl methyl sites for hydroxylation is 1. The van der Waals surface area contributed by atoms with Crippen LogP contribution in [-0.4, -0.2) is 48.8 Å². The van der Waals surface area contributed by atoms with Gasteiger partial charge in [-0.2, -0.15) is 0 Å². The Morgan fingerprint density at radius 3 is 2.95 bits per heavy atom. The molecule has 0 bridgehead atoms. The first-order chi connectivity index (χ1) is 9.64.